The fraction of sp³-hybridized carbons (Fsp3) is 0. The highest BCUT2D eigenvalue weighted by atomic mass is 15.0. The summed E-state index contributed by atoms with van der Waals surface area (Å²) in [5, 5.41) is 5.98. The largest absolute Gasteiger partial charge is 0.309 e. The zero-order chi connectivity index (χ0) is 28.3. The summed E-state index contributed by atoms with van der Waals surface area (Å²) in [5.74, 6) is 0. The lowest BCUT2D eigenvalue weighted by Crippen LogP contribution is -1.95. The van der Waals surface area contributed by atoms with E-state index in [1.165, 1.54) is 27.1 Å². The zero-order valence-electron chi connectivity index (χ0n) is 23.1. The van der Waals surface area contributed by atoms with Gasteiger partial charge in [-0.15, -0.1) is 0 Å². The van der Waals surface area contributed by atoms with Crippen LogP contribution in [-0.2, 0) is 0 Å². The van der Waals surface area contributed by atoms with Crippen molar-refractivity contribution in [3.63, 3.8) is 0 Å². The minimum absolute atomic E-state index is 0.897. The van der Waals surface area contributed by atoms with Gasteiger partial charge in [0.15, 0.2) is 0 Å². The van der Waals surface area contributed by atoms with Gasteiger partial charge in [0.25, 0.3) is 0 Å². The van der Waals surface area contributed by atoms with E-state index in [9.17, 15) is 0 Å². The molecule has 0 amide bonds. The number of benzene rings is 5. The molecule has 0 atom stereocenters. The van der Waals surface area contributed by atoms with Crippen LogP contribution >= 0.6 is 0 Å². The van der Waals surface area contributed by atoms with Crippen LogP contribution in [0.2, 0.25) is 0 Å². The van der Waals surface area contributed by atoms with Crippen LogP contribution in [0.1, 0.15) is 0 Å². The second kappa shape index (κ2) is 9.33. The molecular weight excluding hydrogens is 524 g/mol. The van der Waals surface area contributed by atoms with Gasteiger partial charge in [-0.25, -0.2) is 9.97 Å². The Morgan fingerprint density at radius 2 is 1.19 bits per heavy atom. The molecule has 0 aliphatic heterocycles. The van der Waals surface area contributed by atoms with Crippen LogP contribution in [0.4, 0.5) is 0 Å². The third kappa shape index (κ3) is 3.74. The minimum atomic E-state index is 0.897. The Morgan fingerprint density at radius 3 is 2.07 bits per heavy atom. The van der Waals surface area contributed by atoms with Crippen molar-refractivity contribution in [2.24, 2.45) is 0 Å². The molecule has 0 aliphatic carbocycles. The Hall–Kier alpha value is -5.87. The van der Waals surface area contributed by atoms with Crippen molar-refractivity contribution < 1.29 is 0 Å². The fourth-order valence-electron chi connectivity index (χ4n) is 6.41. The molecule has 4 heterocycles. The van der Waals surface area contributed by atoms with E-state index >= 15 is 0 Å². The molecule has 0 saturated heterocycles. The van der Waals surface area contributed by atoms with Crippen LogP contribution in [-0.4, -0.2) is 19.5 Å². The van der Waals surface area contributed by atoms with Gasteiger partial charge >= 0.3 is 0 Å². The van der Waals surface area contributed by atoms with E-state index in [1.807, 2.05) is 24.3 Å². The second-order valence-corrected chi connectivity index (χ2v) is 10.9. The number of hydrogen-bond acceptors (Lipinski definition) is 3. The van der Waals surface area contributed by atoms with Crippen molar-refractivity contribution in [3.05, 3.63) is 146 Å². The number of aromatic nitrogens is 4. The average molecular weight is 549 g/mol. The highest BCUT2D eigenvalue weighted by molar-refractivity contribution is 6.20. The molecule has 0 aliphatic rings. The lowest BCUT2D eigenvalue weighted by molar-refractivity contribution is 1.18. The molecule has 9 aromatic rings. The summed E-state index contributed by atoms with van der Waals surface area (Å²) in [5.41, 5.74) is 10.4. The van der Waals surface area contributed by atoms with Crippen molar-refractivity contribution in [2.45, 2.75) is 0 Å². The highest BCUT2D eigenvalue weighted by Gasteiger charge is 2.17. The molecule has 0 unspecified atom stereocenters. The number of rotatable bonds is 3. The second-order valence-electron chi connectivity index (χ2n) is 10.9. The third-order valence-electron chi connectivity index (χ3n) is 8.42. The molecule has 0 spiro atoms. The predicted octanol–water partition coefficient (Wildman–Crippen LogP) is 9.76. The van der Waals surface area contributed by atoms with E-state index in [-0.39, 0.29) is 0 Å². The molecule has 0 N–H and O–H groups in total. The number of hydrogen-bond donors (Lipinski definition) is 0. The summed E-state index contributed by atoms with van der Waals surface area (Å²) in [7, 11) is 0. The Morgan fingerprint density at radius 1 is 0.419 bits per heavy atom. The van der Waals surface area contributed by atoms with Gasteiger partial charge in [-0.2, -0.15) is 0 Å². The number of nitrogens with zero attached hydrogens (tertiary/aromatic N) is 4. The number of para-hydroxylation sites is 2. The van der Waals surface area contributed by atoms with E-state index < -0.39 is 0 Å². The van der Waals surface area contributed by atoms with Crippen LogP contribution in [0, 0.1) is 0 Å². The van der Waals surface area contributed by atoms with Gasteiger partial charge in [0.05, 0.1) is 39.0 Å². The van der Waals surface area contributed by atoms with Gasteiger partial charge in [-0.05, 0) is 66.0 Å². The van der Waals surface area contributed by atoms with E-state index in [0.717, 1.165) is 55.7 Å². The van der Waals surface area contributed by atoms with Crippen molar-refractivity contribution in [1.29, 1.82) is 0 Å². The summed E-state index contributed by atoms with van der Waals surface area (Å²) in [6.07, 6.45) is 1.80. The van der Waals surface area contributed by atoms with Gasteiger partial charge in [0.1, 0.15) is 0 Å². The van der Waals surface area contributed by atoms with Gasteiger partial charge < -0.3 is 4.57 Å². The van der Waals surface area contributed by atoms with Crippen LogP contribution in [0.15, 0.2) is 146 Å². The molecule has 9 rings (SSSR count). The van der Waals surface area contributed by atoms with Gasteiger partial charge in [-0.1, -0.05) is 78.9 Å². The summed E-state index contributed by atoms with van der Waals surface area (Å²) >= 11 is 0. The highest BCUT2D eigenvalue weighted by Crippen LogP contribution is 2.40. The molecule has 43 heavy (non-hydrogen) atoms. The summed E-state index contributed by atoms with van der Waals surface area (Å²) in [4.78, 5) is 14.5. The minimum Gasteiger partial charge on any atom is -0.309 e. The molecule has 0 bridgehead atoms. The molecular formula is C39H24N4. The van der Waals surface area contributed by atoms with Gasteiger partial charge in [-0.3, -0.25) is 4.98 Å². The monoisotopic (exact) mass is 548 g/mol. The first-order valence-electron chi connectivity index (χ1n) is 14.5. The predicted molar refractivity (Wildman–Crippen MR) is 178 cm³/mol. The van der Waals surface area contributed by atoms with E-state index in [1.54, 1.807) is 6.20 Å². The summed E-state index contributed by atoms with van der Waals surface area (Å²) in [6.45, 7) is 0. The topological polar surface area (TPSA) is 43.6 Å². The lowest BCUT2D eigenvalue weighted by Gasteiger charge is -2.13. The summed E-state index contributed by atoms with van der Waals surface area (Å²) in [6, 6.07) is 49.0. The Labute approximate surface area is 247 Å². The number of pyridine rings is 3. The molecule has 4 heteroatoms. The van der Waals surface area contributed by atoms with Gasteiger partial charge in [0.2, 0.25) is 0 Å². The Bertz CT molecular complexity index is 2490. The first kappa shape index (κ1) is 23.8. The van der Waals surface area contributed by atoms with Crippen LogP contribution < -0.4 is 0 Å². The first-order valence-corrected chi connectivity index (χ1v) is 14.5. The quantitative estimate of drug-likeness (QED) is 0.206. The first-order chi connectivity index (χ1) is 21.3. The smallest absolute Gasteiger partial charge is 0.0894 e. The standard InChI is InChI=1S/C39H24N4/c1-2-9-26(10-3-1)39-32-24-38-31(23-30(32)28-11-4-6-13-34(28)42-39)29-12-5-7-15-37(29)43(38)27-18-16-25(17-19-27)33-20-21-35-36(41-33)14-8-22-40-35/h1-24H. The Balaban J connectivity index is 1.30. The van der Waals surface area contributed by atoms with E-state index in [0.29, 0.717) is 0 Å². The van der Waals surface area contributed by atoms with E-state index in [4.69, 9.17) is 9.97 Å². The molecule has 200 valence electrons. The fourth-order valence-corrected chi connectivity index (χ4v) is 6.41. The van der Waals surface area contributed by atoms with Crippen LogP contribution in [0.3, 0.4) is 0 Å². The zero-order valence-corrected chi connectivity index (χ0v) is 23.1. The molecule has 0 saturated carbocycles. The molecule has 4 aromatic heterocycles. The van der Waals surface area contributed by atoms with Gasteiger partial charge in [0, 0.05) is 44.6 Å². The molecule has 0 fully saturated rings. The van der Waals surface area contributed by atoms with Crippen LogP contribution in [0.5, 0.6) is 0 Å². The molecule has 4 nitrogen and oxygen atoms in total. The van der Waals surface area contributed by atoms with Crippen molar-refractivity contribution >= 4 is 54.5 Å². The van der Waals surface area contributed by atoms with Crippen molar-refractivity contribution in [3.8, 4) is 28.2 Å². The maximum absolute atomic E-state index is 5.18. The lowest BCUT2D eigenvalue weighted by atomic mass is 9.98. The maximum atomic E-state index is 5.18. The normalized spacial score (nSPS) is 11.7. The number of fused-ring (bicyclic) bond motifs is 7. The summed E-state index contributed by atoms with van der Waals surface area (Å²) < 4.78 is 2.37. The van der Waals surface area contributed by atoms with Crippen molar-refractivity contribution in [2.75, 3.05) is 0 Å². The van der Waals surface area contributed by atoms with Crippen molar-refractivity contribution in [1.82, 2.24) is 19.5 Å². The van der Waals surface area contributed by atoms with Crippen LogP contribution in [0.25, 0.3) is 82.7 Å². The third-order valence-corrected chi connectivity index (χ3v) is 8.42. The average Bonchev–Trinajstić information content (AvgIpc) is 3.40. The Kier molecular flexibility index (Phi) is 5.16. The molecule has 0 radical (unpaired) electrons. The molecule has 5 aromatic carbocycles. The maximum Gasteiger partial charge on any atom is 0.0894 e. The SMILES string of the molecule is c1ccc(-c2nc3ccccc3c3cc4c5ccccc5n(-c5ccc(-c6ccc7ncccc7n6)cc5)c4cc23)cc1. The van der Waals surface area contributed by atoms with E-state index in [2.05, 4.69) is 125 Å².